The zero-order chi connectivity index (χ0) is 19.4. The van der Waals surface area contributed by atoms with Crippen molar-refractivity contribution in [2.75, 3.05) is 26.3 Å². The van der Waals surface area contributed by atoms with E-state index in [-0.39, 0.29) is 24.2 Å². The van der Waals surface area contributed by atoms with Crippen molar-refractivity contribution in [1.82, 2.24) is 15.0 Å². The van der Waals surface area contributed by atoms with Gasteiger partial charge >= 0.3 is 0 Å². The number of ether oxygens (including phenoxy) is 2. The Morgan fingerprint density at radius 3 is 2.89 bits per heavy atom. The Labute approximate surface area is 157 Å². The lowest BCUT2D eigenvalue weighted by molar-refractivity contribution is -0.141. The minimum Gasteiger partial charge on any atom is -0.484 e. The molecule has 1 aliphatic rings. The van der Waals surface area contributed by atoms with Crippen molar-refractivity contribution < 1.29 is 23.6 Å². The summed E-state index contributed by atoms with van der Waals surface area (Å²) in [6, 6.07) is 6.78. The monoisotopic (exact) mass is 373 g/mol. The van der Waals surface area contributed by atoms with Gasteiger partial charge in [0.1, 0.15) is 11.9 Å². The fourth-order valence-corrected chi connectivity index (χ4v) is 2.69. The molecule has 0 N–H and O–H groups in total. The highest BCUT2D eigenvalue weighted by Gasteiger charge is 2.29. The molecule has 1 amide bonds. The standard InChI is InChI=1S/C19H23N3O5/c1-12(2)19-20-18(21-27-19)16-10-22(7-8-25-16)17(24)11-26-15-6-4-5-14(9-15)13(3)23/h4-6,9,12,16H,7-8,10-11H2,1-3H3. The Bertz CT molecular complexity index is 817. The second kappa shape index (κ2) is 8.30. The lowest BCUT2D eigenvalue weighted by Gasteiger charge is -2.31. The van der Waals surface area contributed by atoms with Crippen LogP contribution in [0.25, 0.3) is 0 Å². The molecule has 1 aromatic carbocycles. The zero-order valence-corrected chi connectivity index (χ0v) is 15.7. The van der Waals surface area contributed by atoms with Crippen LogP contribution in [0.15, 0.2) is 28.8 Å². The minimum atomic E-state index is -0.417. The maximum absolute atomic E-state index is 12.5. The van der Waals surface area contributed by atoms with E-state index < -0.39 is 6.10 Å². The summed E-state index contributed by atoms with van der Waals surface area (Å²) in [7, 11) is 0. The summed E-state index contributed by atoms with van der Waals surface area (Å²) in [5, 5.41) is 3.96. The summed E-state index contributed by atoms with van der Waals surface area (Å²) in [4.78, 5) is 29.9. The van der Waals surface area contributed by atoms with Crippen molar-refractivity contribution in [3.63, 3.8) is 0 Å². The third kappa shape index (κ3) is 4.71. The highest BCUT2D eigenvalue weighted by Crippen LogP contribution is 2.22. The van der Waals surface area contributed by atoms with E-state index in [9.17, 15) is 9.59 Å². The number of ketones is 1. The van der Waals surface area contributed by atoms with Crippen molar-refractivity contribution >= 4 is 11.7 Å². The van der Waals surface area contributed by atoms with Gasteiger partial charge in [0.05, 0.1) is 13.2 Å². The van der Waals surface area contributed by atoms with Crippen molar-refractivity contribution in [1.29, 1.82) is 0 Å². The van der Waals surface area contributed by atoms with E-state index >= 15 is 0 Å². The Balaban J connectivity index is 1.58. The van der Waals surface area contributed by atoms with Crippen LogP contribution in [-0.2, 0) is 9.53 Å². The number of carbonyl (C=O) groups is 2. The molecule has 0 spiro atoms. The second-order valence-electron chi connectivity index (χ2n) is 6.72. The first-order chi connectivity index (χ1) is 12.9. The summed E-state index contributed by atoms with van der Waals surface area (Å²) >= 11 is 0. The summed E-state index contributed by atoms with van der Waals surface area (Å²) < 4.78 is 16.5. The first-order valence-corrected chi connectivity index (χ1v) is 8.90. The fraction of sp³-hybridized carbons (Fsp3) is 0.474. The van der Waals surface area contributed by atoms with E-state index in [0.717, 1.165) is 0 Å². The molecule has 3 rings (SSSR count). The molecule has 1 atom stereocenters. The van der Waals surface area contributed by atoms with Gasteiger partial charge in [-0.25, -0.2) is 0 Å². The van der Waals surface area contributed by atoms with Gasteiger partial charge in [0.15, 0.2) is 12.4 Å². The number of hydrogen-bond acceptors (Lipinski definition) is 7. The largest absolute Gasteiger partial charge is 0.484 e. The van der Waals surface area contributed by atoms with E-state index in [1.165, 1.54) is 6.92 Å². The number of amides is 1. The number of aromatic nitrogens is 2. The molecule has 27 heavy (non-hydrogen) atoms. The highest BCUT2D eigenvalue weighted by atomic mass is 16.5. The molecule has 8 nitrogen and oxygen atoms in total. The average Bonchev–Trinajstić information content (AvgIpc) is 3.17. The third-order valence-electron chi connectivity index (χ3n) is 4.26. The van der Waals surface area contributed by atoms with Crippen molar-refractivity contribution in [3.8, 4) is 5.75 Å². The molecule has 144 valence electrons. The molecule has 8 heteroatoms. The van der Waals surface area contributed by atoms with Crippen LogP contribution in [0.5, 0.6) is 5.75 Å². The maximum Gasteiger partial charge on any atom is 0.260 e. The summed E-state index contributed by atoms with van der Waals surface area (Å²) in [6.07, 6.45) is -0.417. The molecule has 0 radical (unpaired) electrons. The van der Waals surface area contributed by atoms with Gasteiger partial charge in [0.2, 0.25) is 11.7 Å². The average molecular weight is 373 g/mol. The number of morpholine rings is 1. The molecule has 1 unspecified atom stereocenters. The molecular weight excluding hydrogens is 350 g/mol. The Hall–Kier alpha value is -2.74. The molecule has 2 aromatic rings. The van der Waals surface area contributed by atoms with E-state index in [1.54, 1.807) is 29.2 Å². The van der Waals surface area contributed by atoms with Gasteiger partial charge in [-0.2, -0.15) is 4.98 Å². The maximum atomic E-state index is 12.5. The van der Waals surface area contributed by atoms with Gasteiger partial charge < -0.3 is 18.9 Å². The first-order valence-electron chi connectivity index (χ1n) is 8.90. The third-order valence-corrected chi connectivity index (χ3v) is 4.26. The summed E-state index contributed by atoms with van der Waals surface area (Å²) in [5.41, 5.74) is 0.546. The lowest BCUT2D eigenvalue weighted by atomic mass is 10.1. The van der Waals surface area contributed by atoms with Gasteiger partial charge in [-0.15, -0.1) is 0 Å². The first kappa shape index (κ1) is 19.0. The number of benzene rings is 1. The molecule has 1 fully saturated rings. The van der Waals surface area contributed by atoms with Crippen LogP contribution < -0.4 is 4.74 Å². The van der Waals surface area contributed by atoms with E-state index in [1.807, 2.05) is 13.8 Å². The molecular formula is C19H23N3O5. The minimum absolute atomic E-state index is 0.0522. The van der Waals surface area contributed by atoms with Gasteiger partial charge in [0.25, 0.3) is 5.91 Å². The summed E-state index contributed by atoms with van der Waals surface area (Å²) in [6.45, 7) is 6.51. The van der Waals surface area contributed by atoms with E-state index in [0.29, 0.717) is 42.7 Å². The smallest absolute Gasteiger partial charge is 0.260 e. The quantitative estimate of drug-likeness (QED) is 0.717. The Kier molecular flexibility index (Phi) is 5.85. The van der Waals surface area contributed by atoms with Crippen LogP contribution in [0, 0.1) is 0 Å². The Morgan fingerprint density at radius 2 is 2.19 bits per heavy atom. The van der Waals surface area contributed by atoms with Gasteiger partial charge in [-0.05, 0) is 19.1 Å². The molecule has 1 aromatic heterocycles. The lowest BCUT2D eigenvalue weighted by Crippen LogP contribution is -2.44. The number of hydrogen-bond donors (Lipinski definition) is 0. The number of rotatable bonds is 6. The van der Waals surface area contributed by atoms with Crippen LogP contribution in [0.3, 0.4) is 0 Å². The van der Waals surface area contributed by atoms with Crippen molar-refractivity contribution in [3.05, 3.63) is 41.5 Å². The molecule has 0 saturated carbocycles. The van der Waals surface area contributed by atoms with Crippen LogP contribution >= 0.6 is 0 Å². The molecule has 1 aliphatic heterocycles. The number of Topliss-reactive ketones (excluding diaryl/α,β-unsaturated/α-hetero) is 1. The Morgan fingerprint density at radius 1 is 1.37 bits per heavy atom. The van der Waals surface area contributed by atoms with Crippen LogP contribution in [0.1, 0.15) is 54.9 Å². The van der Waals surface area contributed by atoms with Crippen LogP contribution in [0.2, 0.25) is 0 Å². The van der Waals surface area contributed by atoms with Gasteiger partial charge in [-0.1, -0.05) is 31.1 Å². The predicted octanol–water partition coefficient (Wildman–Crippen LogP) is 2.37. The highest BCUT2D eigenvalue weighted by molar-refractivity contribution is 5.94. The topological polar surface area (TPSA) is 94.8 Å². The molecule has 0 bridgehead atoms. The SMILES string of the molecule is CC(=O)c1cccc(OCC(=O)N2CCOC(c3noc(C(C)C)n3)C2)c1. The normalized spacial score (nSPS) is 17.2. The van der Waals surface area contributed by atoms with Crippen LogP contribution in [0.4, 0.5) is 0 Å². The second-order valence-corrected chi connectivity index (χ2v) is 6.72. The summed E-state index contributed by atoms with van der Waals surface area (Å²) in [5.74, 6) is 1.40. The molecule has 0 aliphatic carbocycles. The molecule has 1 saturated heterocycles. The van der Waals surface area contributed by atoms with Crippen molar-refractivity contribution in [2.24, 2.45) is 0 Å². The number of carbonyl (C=O) groups excluding carboxylic acids is 2. The van der Waals surface area contributed by atoms with E-state index in [2.05, 4.69) is 10.1 Å². The fourth-order valence-electron chi connectivity index (χ4n) is 2.69. The van der Waals surface area contributed by atoms with E-state index in [4.69, 9.17) is 14.0 Å². The predicted molar refractivity (Wildman–Crippen MR) is 95.6 cm³/mol. The van der Waals surface area contributed by atoms with Crippen molar-refractivity contribution in [2.45, 2.75) is 32.8 Å². The van der Waals surface area contributed by atoms with Crippen LogP contribution in [-0.4, -0.2) is 53.0 Å². The van der Waals surface area contributed by atoms with Gasteiger partial charge in [-0.3, -0.25) is 9.59 Å². The number of nitrogens with zero attached hydrogens (tertiary/aromatic N) is 3. The molecule has 2 heterocycles. The van der Waals surface area contributed by atoms with Gasteiger partial charge in [0, 0.05) is 18.0 Å². The zero-order valence-electron chi connectivity index (χ0n) is 15.7.